The summed E-state index contributed by atoms with van der Waals surface area (Å²) in [6.45, 7) is 8.30. The molecule has 0 radical (unpaired) electrons. The number of phenols is 1. The van der Waals surface area contributed by atoms with E-state index in [0.717, 1.165) is 17.5 Å². The van der Waals surface area contributed by atoms with Gasteiger partial charge in [-0.3, -0.25) is 0 Å². The molecule has 4 heteroatoms. The Hall–Kier alpha value is -1.97. The molecule has 102 valence electrons. The van der Waals surface area contributed by atoms with Crippen LogP contribution in [0.2, 0.25) is 0 Å². The molecule has 0 aliphatic heterocycles. The van der Waals surface area contributed by atoms with Crippen molar-refractivity contribution in [3.8, 4) is 16.9 Å². The third-order valence-corrected chi connectivity index (χ3v) is 3.27. The van der Waals surface area contributed by atoms with Crippen molar-refractivity contribution in [3.05, 3.63) is 29.5 Å². The highest BCUT2D eigenvalue weighted by atomic mass is 16.5. The SMILES string of the molecule is CCc1cc(-c2cnoc2N)c(O)c(C(C)(C)C)c1. The van der Waals surface area contributed by atoms with E-state index < -0.39 is 0 Å². The van der Waals surface area contributed by atoms with Gasteiger partial charge in [-0.2, -0.15) is 0 Å². The first kappa shape index (κ1) is 13.5. The highest BCUT2D eigenvalue weighted by Crippen LogP contribution is 2.41. The van der Waals surface area contributed by atoms with Gasteiger partial charge in [-0.15, -0.1) is 0 Å². The summed E-state index contributed by atoms with van der Waals surface area (Å²) in [6.07, 6.45) is 2.43. The number of aromatic nitrogens is 1. The van der Waals surface area contributed by atoms with Crippen molar-refractivity contribution in [1.29, 1.82) is 0 Å². The minimum Gasteiger partial charge on any atom is -0.507 e. The van der Waals surface area contributed by atoms with Crippen molar-refractivity contribution in [2.24, 2.45) is 0 Å². The van der Waals surface area contributed by atoms with Crippen LogP contribution in [0.25, 0.3) is 11.1 Å². The predicted octanol–water partition coefficient (Wildman–Crippen LogP) is 3.49. The monoisotopic (exact) mass is 260 g/mol. The summed E-state index contributed by atoms with van der Waals surface area (Å²) in [4.78, 5) is 0. The number of benzene rings is 1. The van der Waals surface area contributed by atoms with Crippen LogP contribution in [0.15, 0.2) is 22.9 Å². The lowest BCUT2D eigenvalue weighted by Crippen LogP contribution is -2.12. The van der Waals surface area contributed by atoms with Gasteiger partial charge in [0.05, 0.1) is 11.8 Å². The molecule has 0 fully saturated rings. The van der Waals surface area contributed by atoms with Crippen LogP contribution >= 0.6 is 0 Å². The molecule has 0 spiro atoms. The summed E-state index contributed by atoms with van der Waals surface area (Å²) in [5, 5.41) is 14.2. The van der Waals surface area contributed by atoms with Crippen LogP contribution in [0.3, 0.4) is 0 Å². The van der Waals surface area contributed by atoms with Crippen LogP contribution in [0.1, 0.15) is 38.8 Å². The minimum atomic E-state index is -0.143. The number of aryl methyl sites for hydroxylation is 1. The molecule has 2 rings (SSSR count). The second-order valence-corrected chi connectivity index (χ2v) is 5.75. The Morgan fingerprint density at radius 3 is 2.42 bits per heavy atom. The van der Waals surface area contributed by atoms with Gasteiger partial charge in [0.25, 0.3) is 0 Å². The first-order valence-corrected chi connectivity index (χ1v) is 6.41. The standard InChI is InChI=1S/C15H20N2O2/c1-5-9-6-10(11-8-17-19-14(11)16)13(18)12(7-9)15(2,3)4/h6-8,18H,5,16H2,1-4H3. The van der Waals surface area contributed by atoms with Crippen LogP contribution in [0.5, 0.6) is 5.75 Å². The van der Waals surface area contributed by atoms with Crippen LogP contribution in [-0.2, 0) is 11.8 Å². The third kappa shape index (κ3) is 2.43. The van der Waals surface area contributed by atoms with E-state index in [-0.39, 0.29) is 17.0 Å². The molecule has 0 saturated heterocycles. The van der Waals surface area contributed by atoms with Crippen LogP contribution in [-0.4, -0.2) is 10.3 Å². The zero-order chi connectivity index (χ0) is 14.2. The molecule has 0 bridgehead atoms. The van der Waals surface area contributed by atoms with Gasteiger partial charge in [-0.05, 0) is 23.5 Å². The quantitative estimate of drug-likeness (QED) is 0.867. The van der Waals surface area contributed by atoms with Crippen molar-refractivity contribution in [3.63, 3.8) is 0 Å². The highest BCUT2D eigenvalue weighted by molar-refractivity contribution is 5.79. The zero-order valence-corrected chi connectivity index (χ0v) is 11.8. The number of phenolic OH excluding ortho intramolecular Hbond substituents is 1. The Labute approximate surface area is 113 Å². The van der Waals surface area contributed by atoms with Crippen LogP contribution in [0, 0.1) is 0 Å². The fourth-order valence-electron chi connectivity index (χ4n) is 2.13. The Balaban J connectivity index is 2.71. The first-order valence-electron chi connectivity index (χ1n) is 6.41. The maximum absolute atomic E-state index is 10.5. The Kier molecular flexibility index (Phi) is 3.27. The summed E-state index contributed by atoms with van der Waals surface area (Å²) < 4.78 is 4.89. The molecule has 1 aromatic carbocycles. The van der Waals surface area contributed by atoms with Crippen LogP contribution < -0.4 is 5.73 Å². The van der Waals surface area contributed by atoms with Gasteiger partial charge in [0.15, 0.2) is 0 Å². The normalized spacial score (nSPS) is 11.8. The maximum atomic E-state index is 10.5. The highest BCUT2D eigenvalue weighted by Gasteiger charge is 2.23. The molecule has 0 aliphatic rings. The van der Waals surface area contributed by atoms with Crippen molar-refractivity contribution in [2.45, 2.75) is 39.5 Å². The van der Waals surface area contributed by atoms with Crippen LogP contribution in [0.4, 0.5) is 5.88 Å². The predicted molar refractivity (Wildman–Crippen MR) is 76.1 cm³/mol. The lowest BCUT2D eigenvalue weighted by molar-refractivity contribution is 0.436. The largest absolute Gasteiger partial charge is 0.507 e. The molecule has 0 amide bonds. The van der Waals surface area contributed by atoms with Crippen molar-refractivity contribution in [1.82, 2.24) is 5.16 Å². The van der Waals surface area contributed by atoms with Gasteiger partial charge in [0, 0.05) is 11.1 Å². The van der Waals surface area contributed by atoms with E-state index in [4.69, 9.17) is 10.3 Å². The fraction of sp³-hybridized carbons (Fsp3) is 0.400. The first-order chi connectivity index (χ1) is 8.84. The Bertz CT molecular complexity index is 595. The van der Waals surface area contributed by atoms with Gasteiger partial charge in [0.1, 0.15) is 5.75 Å². The van der Waals surface area contributed by atoms with Crippen molar-refractivity contribution >= 4 is 5.88 Å². The van der Waals surface area contributed by atoms with E-state index in [1.54, 1.807) is 0 Å². The Morgan fingerprint density at radius 2 is 1.95 bits per heavy atom. The number of hydrogen-bond acceptors (Lipinski definition) is 4. The average molecular weight is 260 g/mol. The summed E-state index contributed by atoms with van der Waals surface area (Å²) in [6, 6.07) is 3.98. The smallest absolute Gasteiger partial charge is 0.230 e. The molecule has 0 atom stereocenters. The number of hydrogen-bond donors (Lipinski definition) is 2. The fourth-order valence-corrected chi connectivity index (χ4v) is 2.13. The number of rotatable bonds is 2. The maximum Gasteiger partial charge on any atom is 0.230 e. The zero-order valence-electron chi connectivity index (χ0n) is 11.8. The molecule has 0 aliphatic carbocycles. The molecule has 1 heterocycles. The molecular formula is C15H20N2O2. The van der Waals surface area contributed by atoms with E-state index in [2.05, 4.69) is 32.9 Å². The third-order valence-electron chi connectivity index (χ3n) is 3.27. The molecule has 3 N–H and O–H groups in total. The lowest BCUT2D eigenvalue weighted by Gasteiger charge is -2.23. The molecule has 19 heavy (non-hydrogen) atoms. The number of anilines is 1. The van der Waals surface area contributed by atoms with E-state index >= 15 is 0 Å². The Morgan fingerprint density at radius 1 is 1.26 bits per heavy atom. The number of nitrogen functional groups attached to an aromatic ring is 1. The number of nitrogens with zero attached hydrogens (tertiary/aromatic N) is 1. The topological polar surface area (TPSA) is 72.3 Å². The lowest BCUT2D eigenvalue weighted by atomic mass is 9.83. The molecular weight excluding hydrogens is 240 g/mol. The second kappa shape index (κ2) is 4.61. The van der Waals surface area contributed by atoms with Gasteiger partial charge in [-0.25, -0.2) is 0 Å². The number of aromatic hydroxyl groups is 1. The summed E-state index contributed by atoms with van der Waals surface area (Å²) in [5.74, 6) is 0.475. The average Bonchev–Trinajstić information content (AvgIpc) is 2.74. The molecule has 2 aromatic rings. The van der Waals surface area contributed by atoms with Crippen molar-refractivity contribution < 1.29 is 9.63 Å². The number of nitrogens with two attached hydrogens (primary N) is 1. The van der Waals surface area contributed by atoms with Crippen molar-refractivity contribution in [2.75, 3.05) is 5.73 Å². The molecule has 0 saturated carbocycles. The molecule has 4 nitrogen and oxygen atoms in total. The molecule has 1 aromatic heterocycles. The van der Waals surface area contributed by atoms with Gasteiger partial charge in [-0.1, -0.05) is 38.9 Å². The van der Waals surface area contributed by atoms with E-state index in [1.807, 2.05) is 12.1 Å². The molecule has 0 unspecified atom stereocenters. The van der Waals surface area contributed by atoms with Gasteiger partial charge < -0.3 is 15.4 Å². The summed E-state index contributed by atoms with van der Waals surface area (Å²) in [5.41, 5.74) is 8.99. The van der Waals surface area contributed by atoms with E-state index in [9.17, 15) is 5.11 Å². The van der Waals surface area contributed by atoms with E-state index in [1.165, 1.54) is 6.20 Å². The summed E-state index contributed by atoms with van der Waals surface area (Å²) >= 11 is 0. The van der Waals surface area contributed by atoms with Gasteiger partial charge >= 0.3 is 0 Å². The minimum absolute atomic E-state index is 0.143. The second-order valence-electron chi connectivity index (χ2n) is 5.75. The van der Waals surface area contributed by atoms with E-state index in [0.29, 0.717) is 11.1 Å². The summed E-state index contributed by atoms with van der Waals surface area (Å²) in [7, 11) is 0. The van der Waals surface area contributed by atoms with Gasteiger partial charge in [0.2, 0.25) is 5.88 Å².